The Hall–Kier alpha value is -1.86. The van der Waals surface area contributed by atoms with E-state index in [-0.39, 0.29) is 25.3 Å². The number of anilines is 2. The molecule has 7 heteroatoms. The molecule has 0 unspecified atom stereocenters. The first-order valence-corrected chi connectivity index (χ1v) is 5.40. The van der Waals surface area contributed by atoms with Crippen LogP contribution in [0.25, 0.3) is 0 Å². The monoisotopic (exact) mass is 257 g/mol. The van der Waals surface area contributed by atoms with Crippen molar-refractivity contribution in [1.29, 1.82) is 0 Å². The molecule has 1 aromatic carbocycles. The van der Waals surface area contributed by atoms with E-state index in [4.69, 9.17) is 10.8 Å². The summed E-state index contributed by atoms with van der Waals surface area (Å²) in [6, 6.07) is 4.22. The number of hydrogen-bond donors (Lipinski definition) is 5. The lowest BCUT2D eigenvalue weighted by molar-refractivity contribution is -0.134. The van der Waals surface area contributed by atoms with Gasteiger partial charge in [0.2, 0.25) is 0 Å². The second-order valence-electron chi connectivity index (χ2n) is 3.71. The Morgan fingerprint density at radius 1 is 1.44 bits per heavy atom. The van der Waals surface area contributed by atoms with Gasteiger partial charge in [0.15, 0.2) is 0 Å². The summed E-state index contributed by atoms with van der Waals surface area (Å²) < 4.78 is 13.5. The van der Waals surface area contributed by atoms with Gasteiger partial charge in [0, 0.05) is 18.8 Å². The second kappa shape index (κ2) is 6.77. The predicted molar refractivity (Wildman–Crippen MR) is 66.1 cm³/mol. The van der Waals surface area contributed by atoms with Crippen molar-refractivity contribution in [2.45, 2.75) is 6.10 Å². The molecule has 0 aliphatic heterocycles. The van der Waals surface area contributed by atoms with Gasteiger partial charge < -0.3 is 26.6 Å². The van der Waals surface area contributed by atoms with Gasteiger partial charge in [0.1, 0.15) is 12.4 Å². The van der Waals surface area contributed by atoms with Gasteiger partial charge in [-0.15, -0.1) is 0 Å². The van der Waals surface area contributed by atoms with Crippen LogP contribution in [0.1, 0.15) is 0 Å². The molecule has 0 saturated carbocycles. The van der Waals surface area contributed by atoms with Crippen LogP contribution in [0.5, 0.6) is 0 Å². The minimum Gasteiger partial charge on any atom is -0.480 e. The quantitative estimate of drug-likeness (QED) is 0.472. The van der Waals surface area contributed by atoms with Crippen molar-refractivity contribution in [1.82, 2.24) is 0 Å². The molecular formula is C11H16FN3O3. The Kier molecular flexibility index (Phi) is 5.34. The van der Waals surface area contributed by atoms with Crippen LogP contribution in [0.2, 0.25) is 0 Å². The van der Waals surface area contributed by atoms with Crippen molar-refractivity contribution in [3.8, 4) is 0 Å². The molecule has 0 heterocycles. The third kappa shape index (κ3) is 4.56. The van der Waals surface area contributed by atoms with Gasteiger partial charge in [0.25, 0.3) is 0 Å². The van der Waals surface area contributed by atoms with Crippen molar-refractivity contribution >= 4 is 17.3 Å². The maximum absolute atomic E-state index is 13.5. The van der Waals surface area contributed by atoms with E-state index >= 15 is 0 Å². The van der Waals surface area contributed by atoms with Gasteiger partial charge in [-0.25, -0.2) is 4.39 Å². The summed E-state index contributed by atoms with van der Waals surface area (Å²) in [4.78, 5) is 10.3. The normalized spacial score (nSPS) is 11.9. The summed E-state index contributed by atoms with van der Waals surface area (Å²) in [5, 5.41) is 22.9. The number of carboxylic acid groups (broad SMARTS) is 1. The Bertz CT molecular complexity index is 415. The van der Waals surface area contributed by atoms with E-state index in [1.165, 1.54) is 12.1 Å². The molecule has 0 saturated heterocycles. The maximum Gasteiger partial charge on any atom is 0.322 e. The minimum absolute atomic E-state index is 0.113. The lowest BCUT2D eigenvalue weighted by Gasteiger charge is -2.12. The van der Waals surface area contributed by atoms with Gasteiger partial charge in [0.05, 0.1) is 11.8 Å². The second-order valence-corrected chi connectivity index (χ2v) is 3.71. The Morgan fingerprint density at radius 3 is 2.72 bits per heavy atom. The Labute approximate surface area is 104 Å². The van der Waals surface area contributed by atoms with Crippen LogP contribution in [-0.4, -0.2) is 41.9 Å². The zero-order chi connectivity index (χ0) is 13.5. The number of halogens is 1. The highest BCUT2D eigenvalue weighted by molar-refractivity contribution is 5.73. The van der Waals surface area contributed by atoms with Gasteiger partial charge in [-0.1, -0.05) is 0 Å². The Balaban J connectivity index is 2.58. The van der Waals surface area contributed by atoms with Crippen LogP contribution in [0.3, 0.4) is 0 Å². The highest BCUT2D eigenvalue weighted by atomic mass is 19.1. The van der Waals surface area contributed by atoms with Crippen molar-refractivity contribution < 1.29 is 19.4 Å². The number of aliphatic hydroxyl groups is 1. The molecule has 6 N–H and O–H groups in total. The highest BCUT2D eigenvalue weighted by Gasteiger charge is 2.06. The van der Waals surface area contributed by atoms with Gasteiger partial charge in [-0.2, -0.15) is 0 Å². The third-order valence-electron chi connectivity index (χ3n) is 2.21. The van der Waals surface area contributed by atoms with E-state index in [0.29, 0.717) is 5.69 Å². The van der Waals surface area contributed by atoms with E-state index in [1.54, 1.807) is 6.07 Å². The zero-order valence-corrected chi connectivity index (χ0v) is 9.69. The van der Waals surface area contributed by atoms with Crippen LogP contribution in [0.4, 0.5) is 15.8 Å². The molecule has 0 spiro atoms. The fraction of sp³-hybridized carbons (Fsp3) is 0.364. The number of aliphatic hydroxyl groups excluding tert-OH is 1. The van der Waals surface area contributed by atoms with E-state index in [1.807, 2.05) is 0 Å². The number of aliphatic carboxylic acids is 1. The van der Waals surface area contributed by atoms with Gasteiger partial charge in [-0.05, 0) is 18.2 Å². The van der Waals surface area contributed by atoms with Crippen molar-refractivity contribution in [3.63, 3.8) is 0 Å². The average Bonchev–Trinajstić information content (AvgIpc) is 2.34. The average molecular weight is 257 g/mol. The molecule has 6 nitrogen and oxygen atoms in total. The number of benzene rings is 1. The molecule has 0 bridgehead atoms. The number of carboxylic acids is 1. The fourth-order valence-electron chi connectivity index (χ4n) is 1.26. The standard InChI is InChI=1S/C11H16FN3O3/c12-9-3-7(14-5-8(16)4-13)1-2-10(9)15-6-11(17)18/h1-3,8,14-16H,4-6,13H2,(H,17,18)/t8-/m0/s1. The van der Waals surface area contributed by atoms with Gasteiger partial charge >= 0.3 is 5.97 Å². The van der Waals surface area contributed by atoms with E-state index in [0.717, 1.165) is 0 Å². The van der Waals surface area contributed by atoms with Crippen LogP contribution < -0.4 is 16.4 Å². The molecule has 0 amide bonds. The van der Waals surface area contributed by atoms with Crippen molar-refractivity contribution in [2.24, 2.45) is 5.73 Å². The summed E-state index contributed by atoms with van der Waals surface area (Å²) >= 11 is 0. The molecule has 0 aliphatic carbocycles. The van der Waals surface area contributed by atoms with Gasteiger partial charge in [-0.3, -0.25) is 4.79 Å². The molecule has 1 atom stereocenters. The summed E-state index contributed by atoms with van der Waals surface area (Å²) in [6.45, 7) is -0.0127. The zero-order valence-electron chi connectivity index (χ0n) is 9.69. The minimum atomic E-state index is -1.07. The number of hydrogen-bond acceptors (Lipinski definition) is 5. The molecule has 0 fully saturated rings. The molecule has 1 aromatic rings. The summed E-state index contributed by atoms with van der Waals surface area (Å²) in [5.41, 5.74) is 5.83. The van der Waals surface area contributed by atoms with Crippen molar-refractivity contribution in [3.05, 3.63) is 24.0 Å². The van der Waals surface area contributed by atoms with Crippen LogP contribution in [0.15, 0.2) is 18.2 Å². The molecule has 0 aliphatic rings. The number of carbonyl (C=O) groups is 1. The smallest absolute Gasteiger partial charge is 0.322 e. The van der Waals surface area contributed by atoms with Crippen LogP contribution >= 0.6 is 0 Å². The fourth-order valence-corrected chi connectivity index (χ4v) is 1.26. The largest absolute Gasteiger partial charge is 0.480 e. The first-order chi connectivity index (χ1) is 8.52. The summed E-state index contributed by atoms with van der Waals surface area (Å²) in [7, 11) is 0. The molecule has 100 valence electrons. The SMILES string of the molecule is NC[C@H](O)CNc1ccc(NCC(=O)O)c(F)c1. The molecule has 1 rings (SSSR count). The molecular weight excluding hydrogens is 241 g/mol. The first-order valence-electron chi connectivity index (χ1n) is 5.40. The highest BCUT2D eigenvalue weighted by Crippen LogP contribution is 2.18. The van der Waals surface area contributed by atoms with Crippen LogP contribution in [-0.2, 0) is 4.79 Å². The molecule has 0 radical (unpaired) electrons. The lowest BCUT2D eigenvalue weighted by atomic mass is 10.2. The topological polar surface area (TPSA) is 108 Å². The summed E-state index contributed by atoms with van der Waals surface area (Å²) in [5.74, 6) is -1.63. The molecule has 0 aromatic heterocycles. The number of rotatable bonds is 7. The maximum atomic E-state index is 13.5. The molecule has 18 heavy (non-hydrogen) atoms. The third-order valence-corrected chi connectivity index (χ3v) is 2.21. The van der Waals surface area contributed by atoms with Crippen molar-refractivity contribution in [2.75, 3.05) is 30.3 Å². The predicted octanol–water partition coefficient (Wildman–Crippen LogP) is 0.0537. The van der Waals surface area contributed by atoms with E-state index < -0.39 is 17.9 Å². The first kappa shape index (κ1) is 14.2. The number of nitrogens with one attached hydrogen (secondary N) is 2. The van der Waals surface area contributed by atoms with E-state index in [9.17, 15) is 14.3 Å². The summed E-state index contributed by atoms with van der Waals surface area (Å²) in [6.07, 6.45) is -0.696. The lowest BCUT2D eigenvalue weighted by Crippen LogP contribution is -2.27. The van der Waals surface area contributed by atoms with E-state index in [2.05, 4.69) is 10.6 Å². The van der Waals surface area contributed by atoms with Crippen LogP contribution in [0, 0.1) is 5.82 Å². The Morgan fingerprint density at radius 2 is 2.17 bits per heavy atom. The number of nitrogens with two attached hydrogens (primary N) is 1.